The van der Waals surface area contributed by atoms with E-state index in [0.717, 1.165) is 5.56 Å². The maximum Gasteiger partial charge on any atom is 0.325 e. The molecule has 20 heavy (non-hydrogen) atoms. The lowest BCUT2D eigenvalue weighted by molar-refractivity contribution is -0.138. The second-order valence-electron chi connectivity index (χ2n) is 4.32. The van der Waals surface area contributed by atoms with Crippen molar-refractivity contribution in [3.63, 3.8) is 0 Å². The zero-order chi connectivity index (χ0) is 14.5. The lowest BCUT2D eigenvalue weighted by Gasteiger charge is -2.12. The molecule has 0 fully saturated rings. The molecular weight excluding hydrogens is 258 g/mol. The second-order valence-corrected chi connectivity index (χ2v) is 4.32. The van der Waals surface area contributed by atoms with Crippen LogP contribution in [0.15, 0.2) is 48.5 Å². The molecule has 0 aliphatic carbocycles. The predicted octanol–water partition coefficient (Wildman–Crippen LogP) is 2.06. The Kier molecular flexibility index (Phi) is 4.22. The number of carboxylic acid groups (broad SMARTS) is 1. The van der Waals surface area contributed by atoms with E-state index in [4.69, 9.17) is 15.6 Å². The standard InChI is InChI=1S/C15H15NO4/c16-14(15(18)19)11-6-7-12(17)13(8-11)20-9-10-4-2-1-3-5-10/h1-8,14,17H,9,16H2,(H,18,19). The molecule has 2 rings (SSSR count). The zero-order valence-corrected chi connectivity index (χ0v) is 10.7. The molecule has 0 bridgehead atoms. The fourth-order valence-electron chi connectivity index (χ4n) is 1.72. The van der Waals surface area contributed by atoms with Crippen LogP contribution in [0.4, 0.5) is 0 Å². The van der Waals surface area contributed by atoms with Crippen LogP contribution >= 0.6 is 0 Å². The Balaban J connectivity index is 2.15. The molecule has 4 N–H and O–H groups in total. The molecule has 0 amide bonds. The van der Waals surface area contributed by atoms with Crippen LogP contribution in [-0.2, 0) is 11.4 Å². The molecule has 2 aromatic rings. The minimum absolute atomic E-state index is 0.0535. The number of carbonyl (C=O) groups is 1. The van der Waals surface area contributed by atoms with E-state index in [-0.39, 0.29) is 18.1 Å². The normalized spacial score (nSPS) is 11.8. The Morgan fingerprint density at radius 3 is 2.55 bits per heavy atom. The number of benzene rings is 2. The van der Waals surface area contributed by atoms with E-state index >= 15 is 0 Å². The van der Waals surface area contributed by atoms with Crippen molar-refractivity contribution in [3.8, 4) is 11.5 Å². The number of hydrogen-bond acceptors (Lipinski definition) is 4. The largest absolute Gasteiger partial charge is 0.504 e. The summed E-state index contributed by atoms with van der Waals surface area (Å²) in [6.45, 7) is 0.278. The maximum atomic E-state index is 10.8. The van der Waals surface area contributed by atoms with Crippen LogP contribution in [0, 0.1) is 0 Å². The van der Waals surface area contributed by atoms with Gasteiger partial charge < -0.3 is 20.7 Å². The number of hydrogen-bond donors (Lipinski definition) is 3. The highest BCUT2D eigenvalue weighted by atomic mass is 16.5. The molecule has 5 heteroatoms. The van der Waals surface area contributed by atoms with Crippen molar-refractivity contribution < 1.29 is 19.7 Å². The van der Waals surface area contributed by atoms with Crippen molar-refractivity contribution in [1.29, 1.82) is 0 Å². The van der Waals surface area contributed by atoms with Gasteiger partial charge in [-0.1, -0.05) is 36.4 Å². The number of aliphatic carboxylic acids is 1. The lowest BCUT2D eigenvalue weighted by Crippen LogP contribution is -2.20. The highest BCUT2D eigenvalue weighted by Crippen LogP contribution is 2.29. The molecule has 104 valence electrons. The molecular formula is C15H15NO4. The molecule has 1 unspecified atom stereocenters. The van der Waals surface area contributed by atoms with Gasteiger partial charge in [0.05, 0.1) is 0 Å². The first-order valence-electron chi connectivity index (χ1n) is 6.06. The van der Waals surface area contributed by atoms with Crippen molar-refractivity contribution in [2.75, 3.05) is 0 Å². The van der Waals surface area contributed by atoms with Gasteiger partial charge in [-0.3, -0.25) is 4.79 Å². The van der Waals surface area contributed by atoms with Gasteiger partial charge in [-0.2, -0.15) is 0 Å². The average Bonchev–Trinajstić information content (AvgIpc) is 2.46. The second kappa shape index (κ2) is 6.08. The van der Waals surface area contributed by atoms with E-state index in [1.165, 1.54) is 18.2 Å². The van der Waals surface area contributed by atoms with Crippen LogP contribution < -0.4 is 10.5 Å². The smallest absolute Gasteiger partial charge is 0.325 e. The van der Waals surface area contributed by atoms with Gasteiger partial charge in [0.2, 0.25) is 0 Å². The SMILES string of the molecule is NC(C(=O)O)c1ccc(O)c(OCc2ccccc2)c1. The fourth-order valence-corrected chi connectivity index (χ4v) is 1.72. The number of phenolic OH excluding ortho intramolecular Hbond substituents is 1. The number of rotatable bonds is 5. The quantitative estimate of drug-likeness (QED) is 0.775. The van der Waals surface area contributed by atoms with Crippen molar-refractivity contribution in [1.82, 2.24) is 0 Å². The van der Waals surface area contributed by atoms with Crippen molar-refractivity contribution in [2.24, 2.45) is 5.73 Å². The third-order valence-corrected chi connectivity index (χ3v) is 2.85. The summed E-state index contributed by atoms with van der Waals surface area (Å²) >= 11 is 0. The van der Waals surface area contributed by atoms with E-state index in [1.807, 2.05) is 30.3 Å². The Hall–Kier alpha value is -2.53. The number of phenols is 1. The summed E-state index contributed by atoms with van der Waals surface area (Å²) < 4.78 is 5.49. The van der Waals surface area contributed by atoms with Crippen LogP contribution in [0.5, 0.6) is 11.5 Å². The van der Waals surface area contributed by atoms with Gasteiger partial charge in [-0.15, -0.1) is 0 Å². The third-order valence-electron chi connectivity index (χ3n) is 2.85. The molecule has 0 saturated carbocycles. The first-order valence-corrected chi connectivity index (χ1v) is 6.06. The van der Waals surface area contributed by atoms with Gasteiger partial charge in [-0.05, 0) is 23.3 Å². The summed E-state index contributed by atoms with van der Waals surface area (Å²) in [7, 11) is 0. The lowest BCUT2D eigenvalue weighted by atomic mass is 10.1. The molecule has 0 aliphatic heterocycles. The van der Waals surface area contributed by atoms with E-state index in [1.54, 1.807) is 0 Å². The molecule has 0 radical (unpaired) electrons. The van der Waals surface area contributed by atoms with Crippen molar-refractivity contribution in [2.45, 2.75) is 12.6 Å². The van der Waals surface area contributed by atoms with Crippen LogP contribution in [0.1, 0.15) is 17.2 Å². The van der Waals surface area contributed by atoms with Gasteiger partial charge in [-0.25, -0.2) is 0 Å². The first-order chi connectivity index (χ1) is 9.58. The Morgan fingerprint density at radius 1 is 1.20 bits per heavy atom. The van der Waals surface area contributed by atoms with Crippen molar-refractivity contribution >= 4 is 5.97 Å². The van der Waals surface area contributed by atoms with Gasteiger partial charge in [0, 0.05) is 0 Å². The minimum atomic E-state index is -1.14. The summed E-state index contributed by atoms with van der Waals surface area (Å²) in [5, 5.41) is 18.6. The number of aromatic hydroxyl groups is 1. The fraction of sp³-hybridized carbons (Fsp3) is 0.133. The van der Waals surface area contributed by atoms with E-state index < -0.39 is 12.0 Å². The summed E-state index contributed by atoms with van der Waals surface area (Å²) in [5.74, 6) is -0.977. The zero-order valence-electron chi connectivity index (χ0n) is 10.7. The van der Waals surface area contributed by atoms with Gasteiger partial charge in [0.1, 0.15) is 12.6 Å². The topological polar surface area (TPSA) is 92.8 Å². The molecule has 0 aromatic heterocycles. The van der Waals surface area contributed by atoms with Crippen molar-refractivity contribution in [3.05, 3.63) is 59.7 Å². The van der Waals surface area contributed by atoms with Crippen LogP contribution in [0.2, 0.25) is 0 Å². The first kappa shape index (κ1) is 13.9. The number of nitrogens with two attached hydrogens (primary N) is 1. The number of ether oxygens (including phenoxy) is 1. The van der Waals surface area contributed by atoms with E-state index in [9.17, 15) is 9.90 Å². The average molecular weight is 273 g/mol. The van der Waals surface area contributed by atoms with E-state index in [0.29, 0.717) is 5.56 Å². The molecule has 0 spiro atoms. The summed E-state index contributed by atoms with van der Waals surface area (Å²) in [6, 6.07) is 12.6. The molecule has 0 heterocycles. The predicted molar refractivity (Wildman–Crippen MR) is 73.4 cm³/mol. The summed E-state index contributed by atoms with van der Waals surface area (Å²) in [4.78, 5) is 10.8. The highest BCUT2D eigenvalue weighted by Gasteiger charge is 2.16. The molecule has 5 nitrogen and oxygen atoms in total. The molecule has 2 aromatic carbocycles. The molecule has 0 saturated heterocycles. The van der Waals surface area contributed by atoms with Gasteiger partial charge in [0.25, 0.3) is 0 Å². The third kappa shape index (κ3) is 3.27. The summed E-state index contributed by atoms with van der Waals surface area (Å²) in [6.07, 6.45) is 0. The van der Waals surface area contributed by atoms with Gasteiger partial charge in [0.15, 0.2) is 11.5 Å². The maximum absolute atomic E-state index is 10.8. The minimum Gasteiger partial charge on any atom is -0.504 e. The monoisotopic (exact) mass is 273 g/mol. The van der Waals surface area contributed by atoms with E-state index in [2.05, 4.69) is 0 Å². The number of carboxylic acids is 1. The molecule has 1 atom stereocenters. The Morgan fingerprint density at radius 2 is 1.90 bits per heavy atom. The Bertz CT molecular complexity index is 598. The van der Waals surface area contributed by atoms with Crippen LogP contribution in [-0.4, -0.2) is 16.2 Å². The van der Waals surface area contributed by atoms with Crippen LogP contribution in [0.3, 0.4) is 0 Å². The summed E-state index contributed by atoms with van der Waals surface area (Å²) in [5.41, 5.74) is 6.85. The Labute approximate surface area is 116 Å². The van der Waals surface area contributed by atoms with Crippen LogP contribution in [0.25, 0.3) is 0 Å². The highest BCUT2D eigenvalue weighted by molar-refractivity contribution is 5.75. The molecule has 0 aliphatic rings. The van der Waals surface area contributed by atoms with Gasteiger partial charge >= 0.3 is 5.97 Å².